The van der Waals surface area contributed by atoms with Crippen LogP contribution in [0.5, 0.6) is 0 Å². The zero-order chi connectivity index (χ0) is 22.6. The van der Waals surface area contributed by atoms with Crippen LogP contribution in [0.3, 0.4) is 0 Å². The highest BCUT2D eigenvalue weighted by Crippen LogP contribution is 2.37. The van der Waals surface area contributed by atoms with Gasteiger partial charge in [0.2, 0.25) is 11.8 Å². The molecule has 6 nitrogen and oxygen atoms in total. The molecular formula is C27H46N4O2. The molecule has 6 heteroatoms. The Bertz CT molecular complexity index is 629. The highest BCUT2D eigenvalue weighted by molar-refractivity contribution is 5.79. The summed E-state index contributed by atoms with van der Waals surface area (Å²) < 4.78 is 0. The first-order chi connectivity index (χ1) is 16.2. The van der Waals surface area contributed by atoms with Crippen molar-refractivity contribution >= 4 is 11.8 Å². The molecule has 5 aliphatic rings. The lowest BCUT2D eigenvalue weighted by atomic mass is 9.75. The van der Waals surface area contributed by atoms with Gasteiger partial charge in [0, 0.05) is 39.3 Å². The van der Waals surface area contributed by atoms with E-state index < -0.39 is 0 Å². The fourth-order valence-electron chi connectivity index (χ4n) is 7.58. The first-order valence-corrected chi connectivity index (χ1v) is 14.2. The fraction of sp³-hybridized carbons (Fsp3) is 0.926. The predicted molar refractivity (Wildman–Crippen MR) is 131 cm³/mol. The maximum Gasteiger partial charge on any atom is 0.236 e. The van der Waals surface area contributed by atoms with Gasteiger partial charge in [0.05, 0.1) is 13.1 Å². The molecule has 0 radical (unpaired) electrons. The van der Waals surface area contributed by atoms with Gasteiger partial charge in [-0.3, -0.25) is 19.4 Å². The number of piperidine rings is 2. The predicted octanol–water partition coefficient (Wildman–Crippen LogP) is 3.07. The molecule has 2 saturated carbocycles. The number of amides is 2. The van der Waals surface area contributed by atoms with E-state index in [2.05, 4.69) is 19.6 Å². The topological polar surface area (TPSA) is 47.1 Å². The second-order valence-electron chi connectivity index (χ2n) is 11.8. The number of rotatable bonds is 4. The number of fused-ring (bicyclic) bond motifs is 2. The van der Waals surface area contributed by atoms with E-state index in [0.29, 0.717) is 24.9 Å². The van der Waals surface area contributed by atoms with Gasteiger partial charge in [-0.05, 0) is 68.9 Å². The molecule has 2 aliphatic carbocycles. The van der Waals surface area contributed by atoms with Crippen molar-refractivity contribution in [2.45, 2.75) is 70.6 Å². The number of likely N-dealkylation sites (tertiary alicyclic amines) is 2. The van der Waals surface area contributed by atoms with Gasteiger partial charge in [0.25, 0.3) is 0 Å². The Labute approximate surface area is 201 Å². The Balaban J connectivity index is 1.05. The minimum absolute atomic E-state index is 0.332. The van der Waals surface area contributed by atoms with Crippen molar-refractivity contribution in [3.8, 4) is 0 Å². The molecule has 0 aromatic carbocycles. The van der Waals surface area contributed by atoms with Crippen LogP contribution in [0.15, 0.2) is 0 Å². The fourth-order valence-corrected chi connectivity index (χ4v) is 7.58. The van der Waals surface area contributed by atoms with Gasteiger partial charge < -0.3 is 9.80 Å². The maximum absolute atomic E-state index is 13.0. The third-order valence-corrected chi connectivity index (χ3v) is 9.69. The summed E-state index contributed by atoms with van der Waals surface area (Å²) in [6.07, 6.45) is 14.4. The minimum atomic E-state index is 0.332. The van der Waals surface area contributed by atoms with Gasteiger partial charge in [-0.2, -0.15) is 0 Å². The number of hydrogen-bond donors (Lipinski definition) is 0. The van der Waals surface area contributed by atoms with E-state index in [0.717, 1.165) is 82.5 Å². The largest absolute Gasteiger partial charge is 0.341 e. The number of hydrogen-bond acceptors (Lipinski definition) is 4. The van der Waals surface area contributed by atoms with E-state index in [-0.39, 0.29) is 0 Å². The molecule has 5 rings (SSSR count). The quantitative estimate of drug-likeness (QED) is 0.650. The van der Waals surface area contributed by atoms with E-state index in [9.17, 15) is 9.59 Å². The zero-order valence-corrected chi connectivity index (χ0v) is 20.8. The van der Waals surface area contributed by atoms with Gasteiger partial charge in [-0.1, -0.05) is 38.5 Å². The molecule has 4 unspecified atom stereocenters. The van der Waals surface area contributed by atoms with Gasteiger partial charge >= 0.3 is 0 Å². The minimum Gasteiger partial charge on any atom is -0.341 e. The zero-order valence-electron chi connectivity index (χ0n) is 20.8. The molecule has 2 amide bonds. The lowest BCUT2D eigenvalue weighted by molar-refractivity contribution is -0.136. The summed E-state index contributed by atoms with van der Waals surface area (Å²) >= 11 is 0. The Morgan fingerprint density at radius 3 is 1.36 bits per heavy atom. The number of carbonyl (C=O) groups excluding carboxylic acids is 2. The van der Waals surface area contributed by atoms with Crippen LogP contribution in [-0.4, -0.2) is 96.9 Å². The molecule has 0 N–H and O–H groups in total. The standard InChI is InChI=1S/C27H46N4O2/c32-26(30-14-10-22-6-1-3-8-24(22)18-30)20-28-12-5-13-29(17-16-28)21-27(33)31-15-11-23-7-2-4-9-25(23)19-31/h22-25H,1-21H2. The van der Waals surface area contributed by atoms with Crippen molar-refractivity contribution < 1.29 is 9.59 Å². The third-order valence-electron chi connectivity index (χ3n) is 9.69. The molecule has 0 spiro atoms. The normalized spacial score (nSPS) is 34.3. The lowest BCUT2D eigenvalue weighted by Crippen LogP contribution is -2.49. The summed E-state index contributed by atoms with van der Waals surface area (Å²) in [4.78, 5) is 35.1. The van der Waals surface area contributed by atoms with Gasteiger partial charge in [-0.25, -0.2) is 0 Å². The molecular weight excluding hydrogens is 412 g/mol. The van der Waals surface area contributed by atoms with E-state index in [1.54, 1.807) is 0 Å². The second kappa shape index (κ2) is 11.1. The van der Waals surface area contributed by atoms with Gasteiger partial charge in [0.15, 0.2) is 0 Å². The van der Waals surface area contributed by atoms with Crippen molar-refractivity contribution in [1.29, 1.82) is 0 Å². The van der Waals surface area contributed by atoms with Crippen molar-refractivity contribution in [1.82, 2.24) is 19.6 Å². The van der Waals surface area contributed by atoms with Gasteiger partial charge in [0.1, 0.15) is 0 Å². The summed E-state index contributed by atoms with van der Waals surface area (Å²) in [6.45, 7) is 8.81. The summed E-state index contributed by atoms with van der Waals surface area (Å²) in [5, 5.41) is 0. The van der Waals surface area contributed by atoms with Crippen LogP contribution in [0.4, 0.5) is 0 Å². The highest BCUT2D eigenvalue weighted by Gasteiger charge is 2.35. The van der Waals surface area contributed by atoms with Crippen LogP contribution in [0.25, 0.3) is 0 Å². The van der Waals surface area contributed by atoms with Crippen molar-refractivity contribution in [3.63, 3.8) is 0 Å². The molecule has 5 fully saturated rings. The monoisotopic (exact) mass is 458 g/mol. The SMILES string of the molecule is O=C(CN1CCCN(CC(=O)N2CCC3CCCCC3C2)CC1)N1CCC2CCCCC2C1. The van der Waals surface area contributed by atoms with Crippen molar-refractivity contribution in [2.24, 2.45) is 23.7 Å². The molecule has 0 aromatic heterocycles. The van der Waals surface area contributed by atoms with Crippen LogP contribution in [0, 0.1) is 23.7 Å². The molecule has 0 aromatic rings. The Morgan fingerprint density at radius 2 is 0.909 bits per heavy atom. The van der Waals surface area contributed by atoms with Crippen LogP contribution >= 0.6 is 0 Å². The van der Waals surface area contributed by atoms with Crippen LogP contribution in [0.1, 0.15) is 70.6 Å². The molecule has 0 bridgehead atoms. The Hall–Kier alpha value is -1.14. The summed E-state index contributed by atoms with van der Waals surface area (Å²) in [6, 6.07) is 0. The Kier molecular flexibility index (Phi) is 7.91. The van der Waals surface area contributed by atoms with Crippen LogP contribution in [0.2, 0.25) is 0 Å². The van der Waals surface area contributed by atoms with E-state index >= 15 is 0 Å². The smallest absolute Gasteiger partial charge is 0.236 e. The first-order valence-electron chi connectivity index (χ1n) is 14.2. The van der Waals surface area contributed by atoms with Crippen molar-refractivity contribution in [3.05, 3.63) is 0 Å². The lowest BCUT2D eigenvalue weighted by Gasteiger charge is -2.42. The van der Waals surface area contributed by atoms with Crippen molar-refractivity contribution in [2.75, 3.05) is 65.4 Å². The average molecular weight is 459 g/mol. The maximum atomic E-state index is 13.0. The molecule has 33 heavy (non-hydrogen) atoms. The van der Waals surface area contributed by atoms with Crippen LogP contribution in [-0.2, 0) is 9.59 Å². The van der Waals surface area contributed by atoms with E-state index in [1.165, 1.54) is 64.2 Å². The highest BCUT2D eigenvalue weighted by atomic mass is 16.2. The molecule has 3 saturated heterocycles. The van der Waals surface area contributed by atoms with Crippen LogP contribution < -0.4 is 0 Å². The molecule has 3 heterocycles. The summed E-state index contributed by atoms with van der Waals surface area (Å²) in [5.74, 6) is 3.91. The molecule has 186 valence electrons. The molecule has 3 aliphatic heterocycles. The Morgan fingerprint density at radius 1 is 0.485 bits per heavy atom. The number of carbonyl (C=O) groups is 2. The first kappa shape index (κ1) is 23.6. The van der Waals surface area contributed by atoms with E-state index in [4.69, 9.17) is 0 Å². The third kappa shape index (κ3) is 5.93. The average Bonchev–Trinajstić information content (AvgIpc) is 3.08. The number of nitrogens with zero attached hydrogens (tertiary/aromatic N) is 4. The second-order valence-corrected chi connectivity index (χ2v) is 11.8. The summed E-state index contributed by atoms with van der Waals surface area (Å²) in [5.41, 5.74) is 0. The van der Waals surface area contributed by atoms with Gasteiger partial charge in [-0.15, -0.1) is 0 Å². The molecule has 4 atom stereocenters. The van der Waals surface area contributed by atoms with E-state index in [1.807, 2.05) is 0 Å². The summed E-state index contributed by atoms with van der Waals surface area (Å²) in [7, 11) is 0.